The molecule has 146 valence electrons. The normalized spacial score (nSPS) is 13.4. The van der Waals surface area contributed by atoms with Gasteiger partial charge in [-0.25, -0.2) is 4.57 Å². The summed E-state index contributed by atoms with van der Waals surface area (Å²) in [5.74, 6) is -1.96. The van der Waals surface area contributed by atoms with Crippen molar-refractivity contribution >= 4 is 32.8 Å². The molecule has 1 unspecified atom stereocenters. The van der Waals surface area contributed by atoms with E-state index < -0.39 is 21.3 Å². The molecule has 2 rings (SSSR count). The van der Waals surface area contributed by atoms with Gasteiger partial charge in [0.25, 0.3) is 0 Å². The summed E-state index contributed by atoms with van der Waals surface area (Å²) in [6.07, 6.45) is 0. The third-order valence-electron chi connectivity index (χ3n) is 3.60. The quantitative estimate of drug-likeness (QED) is 0.469. The molecule has 0 saturated carbocycles. The summed E-state index contributed by atoms with van der Waals surface area (Å²) < 4.78 is 38.1. The van der Waals surface area contributed by atoms with Crippen molar-refractivity contribution < 1.29 is 37.3 Å². The molecule has 2 N–H and O–H groups in total. The predicted octanol–water partition coefficient (Wildman–Crippen LogP) is 4.16. The molecule has 0 spiro atoms. The van der Waals surface area contributed by atoms with Crippen molar-refractivity contribution in [3.63, 3.8) is 0 Å². The molecule has 0 amide bonds. The number of hydrogen-bond acceptors (Lipinski definition) is 6. The van der Waals surface area contributed by atoms with Gasteiger partial charge in [-0.1, -0.05) is 35.9 Å². The van der Waals surface area contributed by atoms with E-state index in [1.54, 1.807) is 24.3 Å². The minimum atomic E-state index is -5.01. The minimum Gasteiger partial charge on any atom is -0.310 e. The van der Waals surface area contributed by atoms with Crippen LogP contribution in [0, 0.1) is 0 Å². The Balaban J connectivity index is 2.36. The largest absolute Gasteiger partial charge is 0.470 e. The van der Waals surface area contributed by atoms with Crippen molar-refractivity contribution in [3.8, 4) is 0 Å². The van der Waals surface area contributed by atoms with Gasteiger partial charge in [0.15, 0.2) is 11.6 Å². The summed E-state index contributed by atoms with van der Waals surface area (Å²) in [4.78, 5) is 30.7. The fourth-order valence-electron chi connectivity index (χ4n) is 2.26. The van der Waals surface area contributed by atoms with E-state index in [1.807, 2.05) is 0 Å². The molecule has 0 bridgehead atoms. The first-order chi connectivity index (χ1) is 12.6. The van der Waals surface area contributed by atoms with Gasteiger partial charge >= 0.3 is 15.4 Å². The molecular formula is C16H17ClO8P2. The van der Waals surface area contributed by atoms with Crippen LogP contribution < -0.4 is 0 Å². The number of halogens is 1. The highest BCUT2D eigenvalue weighted by atomic mass is 35.5. The lowest BCUT2D eigenvalue weighted by atomic mass is 10.0. The van der Waals surface area contributed by atoms with E-state index in [4.69, 9.17) is 30.4 Å². The average molecular weight is 435 g/mol. The van der Waals surface area contributed by atoms with Gasteiger partial charge in [0.1, 0.15) is 0 Å². The summed E-state index contributed by atoms with van der Waals surface area (Å²) in [5.41, 5.74) is 0.827. The van der Waals surface area contributed by atoms with Crippen molar-refractivity contribution in [2.45, 2.75) is 5.85 Å². The third-order valence-corrected chi connectivity index (χ3v) is 6.50. The van der Waals surface area contributed by atoms with Gasteiger partial charge in [-0.3, -0.25) is 13.9 Å². The highest BCUT2D eigenvalue weighted by Gasteiger charge is 2.41. The Morgan fingerprint density at radius 3 is 1.78 bits per heavy atom. The van der Waals surface area contributed by atoms with Crippen molar-refractivity contribution in [1.82, 2.24) is 0 Å². The van der Waals surface area contributed by atoms with E-state index in [2.05, 4.69) is 4.52 Å². The minimum absolute atomic E-state index is 0.109. The van der Waals surface area contributed by atoms with Gasteiger partial charge in [0, 0.05) is 30.4 Å². The Hall–Kier alpha value is -1.34. The van der Waals surface area contributed by atoms with E-state index in [9.17, 15) is 13.9 Å². The molecule has 0 aliphatic carbocycles. The lowest BCUT2D eigenvalue weighted by Crippen LogP contribution is -2.08. The summed E-state index contributed by atoms with van der Waals surface area (Å²) in [7, 11) is -6.89. The third kappa shape index (κ3) is 5.57. The Morgan fingerprint density at radius 1 is 0.926 bits per heavy atom. The Morgan fingerprint density at radius 2 is 1.37 bits per heavy atom. The first-order valence-electron chi connectivity index (χ1n) is 7.45. The smallest absolute Gasteiger partial charge is 0.310 e. The number of rotatable bonds is 8. The fraction of sp³-hybridized carbons (Fsp3) is 0.188. The van der Waals surface area contributed by atoms with Gasteiger partial charge in [-0.05, 0) is 29.8 Å². The number of hydrogen-bond donors (Lipinski definition) is 2. The van der Waals surface area contributed by atoms with Crippen molar-refractivity contribution in [1.29, 1.82) is 0 Å². The first-order valence-corrected chi connectivity index (χ1v) is 11.0. The zero-order chi connectivity index (χ0) is 20.2. The maximum Gasteiger partial charge on any atom is 0.470 e. The van der Waals surface area contributed by atoms with Crippen molar-refractivity contribution in [2.75, 3.05) is 14.2 Å². The van der Waals surface area contributed by atoms with Crippen LogP contribution in [-0.2, 0) is 22.7 Å². The molecule has 8 nitrogen and oxygen atoms in total. The molecule has 0 saturated heterocycles. The molecule has 0 aliphatic rings. The molecule has 0 fully saturated rings. The van der Waals surface area contributed by atoms with Crippen LogP contribution in [0.25, 0.3) is 0 Å². The molecule has 0 aliphatic heterocycles. The summed E-state index contributed by atoms with van der Waals surface area (Å²) in [6, 6.07) is 11.9. The molecule has 1 atom stereocenters. The zero-order valence-electron chi connectivity index (χ0n) is 14.3. The molecule has 0 heterocycles. The van der Waals surface area contributed by atoms with Gasteiger partial charge in [-0.15, -0.1) is 0 Å². The predicted molar refractivity (Wildman–Crippen MR) is 98.8 cm³/mol. The van der Waals surface area contributed by atoms with Crippen LogP contribution in [0.4, 0.5) is 0 Å². The summed E-state index contributed by atoms with van der Waals surface area (Å²) in [6.45, 7) is 0. The van der Waals surface area contributed by atoms with Crippen LogP contribution in [-0.4, -0.2) is 29.8 Å². The number of benzene rings is 2. The van der Waals surface area contributed by atoms with Gasteiger partial charge in [0.05, 0.1) is 0 Å². The molecular weight excluding hydrogens is 418 g/mol. The fourth-order valence-corrected chi connectivity index (χ4v) is 4.67. The van der Waals surface area contributed by atoms with Crippen LogP contribution in [0.5, 0.6) is 0 Å². The zero-order valence-corrected chi connectivity index (χ0v) is 16.9. The molecule has 2 aromatic rings. The Kier molecular flexibility index (Phi) is 7.14. The molecule has 11 heteroatoms. The van der Waals surface area contributed by atoms with Crippen LogP contribution >= 0.6 is 27.0 Å². The van der Waals surface area contributed by atoms with Crippen LogP contribution in [0.2, 0.25) is 5.02 Å². The number of carbonyl (C=O) groups excluding carboxylic acids is 1. The molecule has 0 radical (unpaired) electrons. The second-order valence-corrected chi connectivity index (χ2v) is 9.22. The van der Waals surface area contributed by atoms with Gasteiger partial charge in [-0.2, -0.15) is 0 Å². The van der Waals surface area contributed by atoms with Gasteiger partial charge in [0.2, 0.25) is 0 Å². The summed E-state index contributed by atoms with van der Waals surface area (Å²) in [5, 5.41) is 0.495. The highest BCUT2D eigenvalue weighted by molar-refractivity contribution is 7.55. The average Bonchev–Trinajstić information content (AvgIpc) is 2.65. The van der Waals surface area contributed by atoms with E-state index in [0.717, 1.165) is 14.2 Å². The molecule has 0 aromatic heterocycles. The Labute approximate surface area is 160 Å². The maximum absolute atomic E-state index is 12.6. The lowest BCUT2D eigenvalue weighted by molar-refractivity contribution is 0.103. The lowest BCUT2D eigenvalue weighted by Gasteiger charge is -2.24. The van der Waals surface area contributed by atoms with Crippen molar-refractivity contribution in [3.05, 3.63) is 70.2 Å². The number of carbonyl (C=O) groups is 1. The Bertz CT molecular complexity index is 884. The topological polar surface area (TPSA) is 119 Å². The van der Waals surface area contributed by atoms with Crippen LogP contribution in [0.3, 0.4) is 0 Å². The van der Waals surface area contributed by atoms with Crippen LogP contribution in [0.1, 0.15) is 27.3 Å². The monoisotopic (exact) mass is 434 g/mol. The maximum atomic E-state index is 12.6. The van der Waals surface area contributed by atoms with Gasteiger partial charge < -0.3 is 18.8 Å². The number of phosphoric acid groups is 1. The van der Waals surface area contributed by atoms with Crippen LogP contribution in [0.15, 0.2) is 48.5 Å². The standard InChI is InChI=1S/C16H17ClO8P2/c1-23-26(19,24-2)16(25-27(20,21)22)13-5-3-11(4-6-13)15(18)12-7-9-14(17)10-8-12/h3-10,16H,1-2H3,(H2,20,21,22). The second kappa shape index (κ2) is 8.78. The van der Waals surface area contributed by atoms with Crippen molar-refractivity contribution in [2.24, 2.45) is 0 Å². The van der Waals surface area contributed by atoms with E-state index in [-0.39, 0.29) is 11.3 Å². The second-order valence-electron chi connectivity index (χ2n) is 5.31. The van der Waals surface area contributed by atoms with E-state index in [0.29, 0.717) is 16.1 Å². The number of ketones is 1. The SMILES string of the molecule is COP(=O)(OC)C(OP(=O)(O)O)c1ccc(C(=O)c2ccc(Cl)cc2)cc1. The molecule has 2 aromatic carbocycles. The summed E-state index contributed by atoms with van der Waals surface area (Å²) >= 11 is 5.80. The molecule has 27 heavy (non-hydrogen) atoms. The first kappa shape index (κ1) is 22.0. The van der Waals surface area contributed by atoms with E-state index >= 15 is 0 Å². The van der Waals surface area contributed by atoms with E-state index in [1.165, 1.54) is 24.3 Å². The highest BCUT2D eigenvalue weighted by Crippen LogP contribution is 2.64. The number of phosphoric ester groups is 1.